The van der Waals surface area contributed by atoms with Crippen LogP contribution >= 0.6 is 0 Å². The molecule has 4 rings (SSSR count). The van der Waals surface area contributed by atoms with Crippen LogP contribution in [0.2, 0.25) is 0 Å². The molecule has 0 aliphatic carbocycles. The van der Waals surface area contributed by atoms with Gasteiger partial charge in [-0.1, -0.05) is 12.1 Å². The van der Waals surface area contributed by atoms with E-state index in [1.54, 1.807) is 17.5 Å². The molecule has 3 aromatic heterocycles. The summed E-state index contributed by atoms with van der Waals surface area (Å²) in [6.45, 7) is 5.45. The van der Waals surface area contributed by atoms with Crippen molar-refractivity contribution >= 4 is 17.2 Å². The van der Waals surface area contributed by atoms with E-state index in [0.717, 1.165) is 17.1 Å². The van der Waals surface area contributed by atoms with Crippen molar-refractivity contribution in [1.29, 1.82) is 0 Å². The number of furan rings is 1. The number of hydrogen-bond acceptors (Lipinski definition) is 5. The van der Waals surface area contributed by atoms with Crippen molar-refractivity contribution in [1.82, 2.24) is 19.8 Å². The number of hydrogen-bond donors (Lipinski definition) is 1. The molecule has 0 saturated carbocycles. The van der Waals surface area contributed by atoms with Crippen molar-refractivity contribution in [3.8, 4) is 11.3 Å². The van der Waals surface area contributed by atoms with Gasteiger partial charge in [0.2, 0.25) is 0 Å². The predicted molar refractivity (Wildman–Crippen MR) is 97.1 cm³/mol. The fraction of sp³-hybridized carbons (Fsp3) is 0.158. The number of aromatic nitrogens is 4. The van der Waals surface area contributed by atoms with Gasteiger partial charge in [-0.15, -0.1) is 10.2 Å². The number of benzene rings is 1. The van der Waals surface area contributed by atoms with E-state index in [1.807, 2.05) is 50.2 Å². The predicted octanol–water partition coefficient (Wildman–Crippen LogP) is 3.56. The first kappa shape index (κ1) is 16.0. The first-order chi connectivity index (χ1) is 12.5. The highest BCUT2D eigenvalue weighted by atomic mass is 16.3. The number of anilines is 1. The number of carbonyl (C=O) groups is 1. The zero-order chi connectivity index (χ0) is 18.3. The van der Waals surface area contributed by atoms with Crippen LogP contribution in [0.15, 0.2) is 46.9 Å². The fourth-order valence-corrected chi connectivity index (χ4v) is 2.86. The van der Waals surface area contributed by atoms with Crippen LogP contribution in [0, 0.1) is 20.8 Å². The maximum Gasteiger partial charge on any atom is 0.259 e. The molecule has 1 amide bonds. The first-order valence-electron chi connectivity index (χ1n) is 8.19. The Balaban J connectivity index is 1.64. The number of nitrogens with zero attached hydrogens (tertiary/aromatic N) is 4. The largest absolute Gasteiger partial charge is 0.466 e. The van der Waals surface area contributed by atoms with Crippen LogP contribution in [0.1, 0.15) is 27.7 Å². The molecule has 26 heavy (non-hydrogen) atoms. The molecule has 0 atom stereocenters. The van der Waals surface area contributed by atoms with Gasteiger partial charge in [-0.05, 0) is 51.1 Å². The molecule has 0 fully saturated rings. The minimum Gasteiger partial charge on any atom is -0.466 e. The fourth-order valence-electron chi connectivity index (χ4n) is 2.86. The van der Waals surface area contributed by atoms with Crippen molar-refractivity contribution in [2.24, 2.45) is 0 Å². The minimum absolute atomic E-state index is 0.199. The van der Waals surface area contributed by atoms with Crippen molar-refractivity contribution in [3.63, 3.8) is 0 Å². The summed E-state index contributed by atoms with van der Waals surface area (Å²) in [7, 11) is 0. The number of amides is 1. The number of carbonyl (C=O) groups excluding carboxylic acids is 1. The Morgan fingerprint density at radius 3 is 2.69 bits per heavy atom. The molecule has 0 saturated heterocycles. The normalized spacial score (nSPS) is 11.0. The molecule has 0 radical (unpaired) electrons. The SMILES string of the molecule is Cc1cc(C(=O)Nc2cccc(-c3ccc4nnc(C)n4n3)c2)c(C)o1. The number of rotatable bonds is 3. The Bertz CT molecular complexity index is 1130. The van der Waals surface area contributed by atoms with Crippen LogP contribution in [-0.2, 0) is 0 Å². The van der Waals surface area contributed by atoms with Gasteiger partial charge in [-0.25, -0.2) is 0 Å². The van der Waals surface area contributed by atoms with E-state index in [9.17, 15) is 4.79 Å². The topological polar surface area (TPSA) is 85.3 Å². The van der Waals surface area contributed by atoms with E-state index >= 15 is 0 Å². The van der Waals surface area contributed by atoms with Gasteiger partial charge in [-0.3, -0.25) is 4.79 Å². The number of fused-ring (bicyclic) bond motifs is 1. The molecule has 1 N–H and O–H groups in total. The van der Waals surface area contributed by atoms with Gasteiger partial charge >= 0.3 is 0 Å². The smallest absolute Gasteiger partial charge is 0.259 e. The van der Waals surface area contributed by atoms with Crippen molar-refractivity contribution in [2.45, 2.75) is 20.8 Å². The summed E-state index contributed by atoms with van der Waals surface area (Å²) in [5.41, 5.74) is 3.58. The van der Waals surface area contributed by atoms with Crippen molar-refractivity contribution in [3.05, 3.63) is 65.4 Å². The molecular weight excluding hydrogens is 330 g/mol. The maximum absolute atomic E-state index is 12.5. The molecule has 0 spiro atoms. The van der Waals surface area contributed by atoms with Gasteiger partial charge < -0.3 is 9.73 Å². The van der Waals surface area contributed by atoms with Crippen LogP contribution in [-0.4, -0.2) is 25.7 Å². The van der Waals surface area contributed by atoms with E-state index < -0.39 is 0 Å². The lowest BCUT2D eigenvalue weighted by atomic mass is 10.1. The summed E-state index contributed by atoms with van der Waals surface area (Å²) in [5.74, 6) is 1.83. The quantitative estimate of drug-likeness (QED) is 0.612. The second-order valence-corrected chi connectivity index (χ2v) is 6.10. The van der Waals surface area contributed by atoms with Crippen molar-refractivity contribution in [2.75, 3.05) is 5.32 Å². The summed E-state index contributed by atoms with van der Waals surface area (Å²) in [6, 6.07) is 13.0. The zero-order valence-corrected chi connectivity index (χ0v) is 14.6. The zero-order valence-electron chi connectivity index (χ0n) is 14.6. The van der Waals surface area contributed by atoms with E-state index in [-0.39, 0.29) is 5.91 Å². The second kappa shape index (κ2) is 6.11. The van der Waals surface area contributed by atoms with Crippen LogP contribution in [0.4, 0.5) is 5.69 Å². The van der Waals surface area contributed by atoms with Gasteiger partial charge in [0.15, 0.2) is 11.5 Å². The molecule has 0 bridgehead atoms. The Kier molecular flexibility index (Phi) is 3.76. The molecule has 4 aromatic rings. The average molecular weight is 347 g/mol. The summed E-state index contributed by atoms with van der Waals surface area (Å²) in [6.07, 6.45) is 0. The van der Waals surface area contributed by atoms with E-state index in [4.69, 9.17) is 4.42 Å². The summed E-state index contributed by atoms with van der Waals surface area (Å²) >= 11 is 0. The molecule has 7 nitrogen and oxygen atoms in total. The highest BCUT2D eigenvalue weighted by Gasteiger charge is 2.14. The highest BCUT2D eigenvalue weighted by molar-refractivity contribution is 6.05. The molecule has 3 heterocycles. The lowest BCUT2D eigenvalue weighted by Gasteiger charge is -2.07. The Morgan fingerprint density at radius 1 is 1.08 bits per heavy atom. The van der Waals surface area contributed by atoms with Gasteiger partial charge in [0, 0.05) is 11.3 Å². The highest BCUT2D eigenvalue weighted by Crippen LogP contribution is 2.22. The van der Waals surface area contributed by atoms with Gasteiger partial charge in [-0.2, -0.15) is 9.61 Å². The lowest BCUT2D eigenvalue weighted by Crippen LogP contribution is -2.12. The molecule has 1 aromatic carbocycles. The van der Waals surface area contributed by atoms with E-state index in [1.165, 1.54) is 0 Å². The van der Waals surface area contributed by atoms with Crippen LogP contribution in [0.25, 0.3) is 16.9 Å². The summed E-state index contributed by atoms with van der Waals surface area (Å²) in [4.78, 5) is 12.5. The molecular formula is C19H17N5O2. The Labute approximate surface area is 149 Å². The van der Waals surface area contributed by atoms with E-state index in [0.29, 0.717) is 28.4 Å². The maximum atomic E-state index is 12.5. The minimum atomic E-state index is -0.199. The Morgan fingerprint density at radius 2 is 1.92 bits per heavy atom. The molecule has 0 aliphatic heterocycles. The molecule has 0 aliphatic rings. The lowest BCUT2D eigenvalue weighted by molar-refractivity contribution is 0.102. The third kappa shape index (κ3) is 2.83. The van der Waals surface area contributed by atoms with E-state index in [2.05, 4.69) is 20.6 Å². The third-order valence-corrected chi connectivity index (χ3v) is 4.12. The Hall–Kier alpha value is -3.48. The second-order valence-electron chi connectivity index (χ2n) is 6.10. The average Bonchev–Trinajstić information content (AvgIpc) is 3.17. The standard InChI is InChI=1S/C19H17N5O2/c1-11-9-16(12(2)26-11)19(25)20-15-6-4-5-14(10-15)17-7-8-18-22-21-13(3)24(18)23-17/h4-10H,1-3H3,(H,20,25). The van der Waals surface area contributed by atoms with Crippen LogP contribution < -0.4 is 5.32 Å². The van der Waals surface area contributed by atoms with Crippen molar-refractivity contribution < 1.29 is 9.21 Å². The monoisotopic (exact) mass is 347 g/mol. The molecule has 7 heteroatoms. The molecule has 130 valence electrons. The number of aryl methyl sites for hydroxylation is 3. The van der Waals surface area contributed by atoms with Crippen LogP contribution in [0.5, 0.6) is 0 Å². The van der Waals surface area contributed by atoms with Crippen LogP contribution in [0.3, 0.4) is 0 Å². The third-order valence-electron chi connectivity index (χ3n) is 4.12. The number of nitrogens with one attached hydrogen (secondary N) is 1. The van der Waals surface area contributed by atoms with Gasteiger partial charge in [0.1, 0.15) is 11.5 Å². The summed E-state index contributed by atoms with van der Waals surface area (Å²) < 4.78 is 7.12. The van der Waals surface area contributed by atoms with Gasteiger partial charge in [0.05, 0.1) is 11.3 Å². The summed E-state index contributed by atoms with van der Waals surface area (Å²) in [5, 5.41) is 15.5. The molecule has 0 unspecified atom stereocenters. The van der Waals surface area contributed by atoms with Gasteiger partial charge in [0.25, 0.3) is 5.91 Å². The first-order valence-corrected chi connectivity index (χ1v) is 8.19.